The van der Waals surface area contributed by atoms with Crippen molar-refractivity contribution in [3.05, 3.63) is 29.8 Å². The van der Waals surface area contributed by atoms with Gasteiger partial charge in [-0.15, -0.1) is 0 Å². The molecule has 5 heteroatoms. The van der Waals surface area contributed by atoms with Crippen molar-refractivity contribution in [1.29, 1.82) is 5.26 Å². The molecule has 0 bridgehead atoms. The fourth-order valence-corrected chi connectivity index (χ4v) is 2.88. The van der Waals surface area contributed by atoms with E-state index in [1.165, 1.54) is 5.56 Å². The number of hydrogen-bond acceptors (Lipinski definition) is 5. The number of unbranched alkanes of at least 4 members (excludes halogenated alkanes) is 1. The van der Waals surface area contributed by atoms with Gasteiger partial charge in [-0.2, -0.15) is 5.26 Å². The molecular formula is C19H29N3O2. The molecule has 1 aromatic rings. The Labute approximate surface area is 145 Å². The van der Waals surface area contributed by atoms with Gasteiger partial charge < -0.3 is 14.8 Å². The number of rotatable bonds is 9. The van der Waals surface area contributed by atoms with E-state index in [-0.39, 0.29) is 5.54 Å². The Morgan fingerprint density at radius 1 is 1.33 bits per heavy atom. The monoisotopic (exact) mass is 331 g/mol. The Kier molecular flexibility index (Phi) is 7.51. The van der Waals surface area contributed by atoms with E-state index in [0.29, 0.717) is 13.0 Å². The highest BCUT2D eigenvalue weighted by atomic mass is 16.5. The van der Waals surface area contributed by atoms with E-state index in [0.717, 1.165) is 51.6 Å². The third-order valence-corrected chi connectivity index (χ3v) is 4.35. The van der Waals surface area contributed by atoms with Crippen LogP contribution in [0.5, 0.6) is 5.75 Å². The summed E-state index contributed by atoms with van der Waals surface area (Å²) in [5.74, 6) is 0.875. The van der Waals surface area contributed by atoms with Crippen molar-refractivity contribution in [1.82, 2.24) is 10.2 Å². The zero-order valence-electron chi connectivity index (χ0n) is 14.9. The minimum Gasteiger partial charge on any atom is -0.494 e. The smallest absolute Gasteiger partial charge is 0.119 e. The summed E-state index contributed by atoms with van der Waals surface area (Å²) in [6.07, 6.45) is 1.31. The first kappa shape index (κ1) is 18.7. The van der Waals surface area contributed by atoms with E-state index in [1.807, 2.05) is 12.1 Å². The van der Waals surface area contributed by atoms with Gasteiger partial charge in [-0.25, -0.2) is 0 Å². The van der Waals surface area contributed by atoms with Gasteiger partial charge in [0.05, 0.1) is 25.9 Å². The van der Waals surface area contributed by atoms with Gasteiger partial charge in [0.15, 0.2) is 0 Å². The topological polar surface area (TPSA) is 57.5 Å². The van der Waals surface area contributed by atoms with E-state index in [2.05, 4.69) is 42.3 Å². The quantitative estimate of drug-likeness (QED) is 0.705. The Morgan fingerprint density at radius 2 is 2.12 bits per heavy atom. The molecule has 2 rings (SSSR count). The normalized spacial score (nSPS) is 15.9. The van der Waals surface area contributed by atoms with Gasteiger partial charge in [-0.05, 0) is 38.0 Å². The summed E-state index contributed by atoms with van der Waals surface area (Å²) in [5, 5.41) is 12.1. The molecule has 1 heterocycles. The molecule has 1 fully saturated rings. The standard InChI is InChI=1S/C19H29N3O2/c1-19(2,22-9-12-23-13-10-22)16-21-15-17-6-5-7-18(14-17)24-11-4-3-8-20/h5-7,14,21H,3-4,9-13,15-16H2,1-2H3. The van der Waals surface area contributed by atoms with Crippen LogP contribution in [0.15, 0.2) is 24.3 Å². The molecule has 0 saturated carbocycles. The zero-order chi connectivity index (χ0) is 17.3. The molecule has 1 saturated heterocycles. The lowest BCUT2D eigenvalue weighted by Gasteiger charge is -2.41. The van der Waals surface area contributed by atoms with E-state index in [4.69, 9.17) is 14.7 Å². The Bertz CT molecular complexity index is 534. The van der Waals surface area contributed by atoms with Gasteiger partial charge in [-0.1, -0.05) is 12.1 Å². The van der Waals surface area contributed by atoms with Crippen LogP contribution >= 0.6 is 0 Å². The molecule has 0 aromatic heterocycles. The van der Waals surface area contributed by atoms with Crippen LogP contribution in [0.4, 0.5) is 0 Å². The van der Waals surface area contributed by atoms with E-state index >= 15 is 0 Å². The first-order valence-corrected chi connectivity index (χ1v) is 8.74. The van der Waals surface area contributed by atoms with Gasteiger partial charge in [-0.3, -0.25) is 4.90 Å². The summed E-state index contributed by atoms with van der Waals surface area (Å²) in [6, 6.07) is 10.3. The van der Waals surface area contributed by atoms with E-state index in [9.17, 15) is 0 Å². The fraction of sp³-hybridized carbons (Fsp3) is 0.632. The lowest BCUT2D eigenvalue weighted by molar-refractivity contribution is -0.00967. The van der Waals surface area contributed by atoms with Crippen LogP contribution in [0.3, 0.4) is 0 Å². The summed E-state index contributed by atoms with van der Waals surface area (Å²) < 4.78 is 11.1. The molecular weight excluding hydrogens is 302 g/mol. The molecule has 0 atom stereocenters. The van der Waals surface area contributed by atoms with Crippen LogP contribution < -0.4 is 10.1 Å². The summed E-state index contributed by atoms with van der Waals surface area (Å²) >= 11 is 0. The van der Waals surface area contributed by atoms with E-state index in [1.54, 1.807) is 0 Å². The van der Waals surface area contributed by atoms with Crippen LogP contribution in [0.2, 0.25) is 0 Å². The third-order valence-electron chi connectivity index (χ3n) is 4.35. The molecule has 1 N–H and O–H groups in total. The average Bonchev–Trinajstić information content (AvgIpc) is 2.60. The van der Waals surface area contributed by atoms with Crippen molar-refractivity contribution >= 4 is 0 Å². The maximum absolute atomic E-state index is 8.54. The number of nitriles is 1. The molecule has 1 aliphatic rings. The molecule has 1 aromatic carbocycles. The van der Waals surface area contributed by atoms with Crippen LogP contribution in [-0.2, 0) is 11.3 Å². The molecule has 0 aliphatic carbocycles. The Hall–Kier alpha value is -1.61. The highest BCUT2D eigenvalue weighted by Gasteiger charge is 2.27. The molecule has 1 aliphatic heterocycles. The van der Waals surface area contributed by atoms with Gasteiger partial charge >= 0.3 is 0 Å². The van der Waals surface area contributed by atoms with Crippen molar-refractivity contribution in [2.45, 2.75) is 38.8 Å². The summed E-state index contributed by atoms with van der Waals surface area (Å²) in [4.78, 5) is 2.48. The predicted octanol–water partition coefficient (Wildman–Crippen LogP) is 2.57. The number of nitrogens with one attached hydrogen (secondary N) is 1. The maximum Gasteiger partial charge on any atom is 0.119 e. The van der Waals surface area contributed by atoms with Gasteiger partial charge in [0, 0.05) is 38.1 Å². The number of morpholine rings is 1. The van der Waals surface area contributed by atoms with Gasteiger partial charge in [0.25, 0.3) is 0 Å². The fourth-order valence-electron chi connectivity index (χ4n) is 2.88. The van der Waals surface area contributed by atoms with Crippen molar-refractivity contribution in [3.63, 3.8) is 0 Å². The molecule has 24 heavy (non-hydrogen) atoms. The second kappa shape index (κ2) is 9.63. The SMILES string of the molecule is CC(C)(CNCc1cccc(OCCCC#N)c1)N1CCOCC1. The van der Waals surface area contributed by atoms with Crippen LogP contribution in [0, 0.1) is 11.3 Å². The Balaban J connectivity index is 1.76. The molecule has 0 unspecified atom stereocenters. The predicted molar refractivity (Wildman–Crippen MR) is 95.0 cm³/mol. The zero-order valence-corrected chi connectivity index (χ0v) is 14.9. The highest BCUT2D eigenvalue weighted by Crippen LogP contribution is 2.17. The molecule has 0 radical (unpaired) electrons. The largest absolute Gasteiger partial charge is 0.494 e. The molecule has 132 valence electrons. The van der Waals surface area contributed by atoms with Crippen LogP contribution in [0.25, 0.3) is 0 Å². The number of benzene rings is 1. The maximum atomic E-state index is 8.54. The Morgan fingerprint density at radius 3 is 2.88 bits per heavy atom. The first-order valence-electron chi connectivity index (χ1n) is 8.74. The van der Waals surface area contributed by atoms with Gasteiger partial charge in [0.1, 0.15) is 5.75 Å². The van der Waals surface area contributed by atoms with Gasteiger partial charge in [0.2, 0.25) is 0 Å². The minimum absolute atomic E-state index is 0.120. The summed E-state index contributed by atoms with van der Waals surface area (Å²) in [7, 11) is 0. The van der Waals surface area contributed by atoms with Crippen LogP contribution in [0.1, 0.15) is 32.3 Å². The lowest BCUT2D eigenvalue weighted by Crippen LogP contribution is -2.54. The highest BCUT2D eigenvalue weighted by molar-refractivity contribution is 5.28. The average molecular weight is 331 g/mol. The first-order chi connectivity index (χ1) is 11.6. The number of hydrogen-bond donors (Lipinski definition) is 1. The number of ether oxygens (including phenoxy) is 2. The third kappa shape index (κ3) is 6.12. The van der Waals surface area contributed by atoms with E-state index < -0.39 is 0 Å². The second-order valence-corrected chi connectivity index (χ2v) is 6.77. The molecule has 0 amide bonds. The summed E-state index contributed by atoms with van der Waals surface area (Å²) in [5.41, 5.74) is 1.33. The van der Waals surface area contributed by atoms with Crippen molar-refractivity contribution in [2.24, 2.45) is 0 Å². The molecule has 0 spiro atoms. The van der Waals surface area contributed by atoms with Crippen molar-refractivity contribution < 1.29 is 9.47 Å². The second-order valence-electron chi connectivity index (χ2n) is 6.77. The minimum atomic E-state index is 0.120. The number of nitrogens with zero attached hydrogens (tertiary/aromatic N) is 2. The summed E-state index contributed by atoms with van der Waals surface area (Å²) in [6.45, 7) is 10.6. The van der Waals surface area contributed by atoms with Crippen molar-refractivity contribution in [2.75, 3.05) is 39.5 Å². The van der Waals surface area contributed by atoms with Crippen molar-refractivity contribution in [3.8, 4) is 11.8 Å². The lowest BCUT2D eigenvalue weighted by atomic mass is 10.0. The van der Waals surface area contributed by atoms with Crippen LogP contribution in [-0.4, -0.2) is 49.9 Å². The molecule has 5 nitrogen and oxygen atoms in total.